The van der Waals surface area contributed by atoms with Crippen LogP contribution in [0.4, 0.5) is 5.69 Å². The van der Waals surface area contributed by atoms with E-state index in [4.69, 9.17) is 14.0 Å². The summed E-state index contributed by atoms with van der Waals surface area (Å²) in [5.41, 5.74) is 2.64. The number of oxime groups is 1. The Morgan fingerprint density at radius 2 is 1.82 bits per heavy atom. The van der Waals surface area contributed by atoms with Gasteiger partial charge in [-0.3, -0.25) is 0 Å². The minimum atomic E-state index is -0.582. The molecule has 0 radical (unpaired) electrons. The van der Waals surface area contributed by atoms with E-state index in [1.165, 1.54) is 18.5 Å². The van der Waals surface area contributed by atoms with Crippen LogP contribution >= 0.6 is 0 Å². The molecule has 142 valence electrons. The second-order valence-corrected chi connectivity index (χ2v) is 5.85. The number of nitrogens with one attached hydrogen (secondary N) is 1. The van der Waals surface area contributed by atoms with Gasteiger partial charge in [-0.1, -0.05) is 22.9 Å². The number of aryl methyl sites for hydroxylation is 1. The Bertz CT molecular complexity index is 945. The normalized spacial score (nSPS) is 10.6. The Morgan fingerprint density at radius 3 is 2.50 bits per heavy atom. The number of furan rings is 1. The van der Waals surface area contributed by atoms with Crippen molar-refractivity contribution < 1.29 is 23.6 Å². The maximum Gasteiger partial charge on any atom is 0.379 e. The highest BCUT2D eigenvalue weighted by atomic mass is 16.7. The van der Waals surface area contributed by atoms with Crippen molar-refractivity contribution in [3.63, 3.8) is 0 Å². The van der Waals surface area contributed by atoms with E-state index in [-0.39, 0.29) is 12.3 Å². The molecule has 0 unspecified atom stereocenters. The SMILES string of the molecule is Cc1ccc(NCC(=O)O/N=C\c2ccc(OC(=O)c3ccco3)cc2)cc1. The summed E-state index contributed by atoms with van der Waals surface area (Å²) in [4.78, 5) is 28.3. The molecule has 0 aliphatic heterocycles. The molecular weight excluding hydrogens is 360 g/mol. The molecule has 1 N–H and O–H groups in total. The number of carbonyl (C=O) groups excluding carboxylic acids is 2. The maximum atomic E-state index is 11.8. The molecule has 0 fully saturated rings. The van der Waals surface area contributed by atoms with Gasteiger partial charge in [0.25, 0.3) is 0 Å². The molecule has 7 nitrogen and oxygen atoms in total. The topological polar surface area (TPSA) is 90.1 Å². The van der Waals surface area contributed by atoms with Crippen LogP contribution in [0, 0.1) is 6.92 Å². The summed E-state index contributed by atoms with van der Waals surface area (Å²) in [6.45, 7) is 1.99. The van der Waals surface area contributed by atoms with Crippen molar-refractivity contribution in [3.8, 4) is 5.75 Å². The summed E-state index contributed by atoms with van der Waals surface area (Å²) < 4.78 is 10.1. The summed E-state index contributed by atoms with van der Waals surface area (Å²) in [5.74, 6) is -0.614. The third kappa shape index (κ3) is 5.57. The van der Waals surface area contributed by atoms with Crippen molar-refractivity contribution in [1.29, 1.82) is 0 Å². The average Bonchev–Trinajstić information content (AvgIpc) is 3.24. The lowest BCUT2D eigenvalue weighted by Gasteiger charge is -2.04. The molecule has 0 amide bonds. The zero-order valence-corrected chi connectivity index (χ0v) is 15.1. The van der Waals surface area contributed by atoms with Gasteiger partial charge in [-0.05, 0) is 61.0 Å². The summed E-state index contributed by atoms with van der Waals surface area (Å²) >= 11 is 0. The molecule has 0 atom stereocenters. The summed E-state index contributed by atoms with van der Waals surface area (Å²) in [6.07, 6.45) is 2.79. The fourth-order valence-electron chi connectivity index (χ4n) is 2.20. The van der Waals surface area contributed by atoms with Gasteiger partial charge < -0.3 is 19.3 Å². The van der Waals surface area contributed by atoms with Crippen molar-refractivity contribution >= 4 is 23.8 Å². The average molecular weight is 378 g/mol. The van der Waals surface area contributed by atoms with E-state index in [0.29, 0.717) is 11.3 Å². The molecule has 0 saturated heterocycles. The monoisotopic (exact) mass is 378 g/mol. The fourth-order valence-corrected chi connectivity index (χ4v) is 2.20. The van der Waals surface area contributed by atoms with Gasteiger partial charge >= 0.3 is 11.9 Å². The van der Waals surface area contributed by atoms with E-state index in [1.54, 1.807) is 30.3 Å². The van der Waals surface area contributed by atoms with Crippen molar-refractivity contribution in [3.05, 3.63) is 83.8 Å². The van der Waals surface area contributed by atoms with Crippen LogP contribution in [-0.4, -0.2) is 24.7 Å². The molecular formula is C21H18N2O5. The third-order valence-corrected chi connectivity index (χ3v) is 3.66. The lowest BCUT2D eigenvalue weighted by molar-refractivity contribution is -0.141. The van der Waals surface area contributed by atoms with E-state index >= 15 is 0 Å². The second kappa shape index (κ2) is 9.18. The minimum absolute atomic E-state index is 0.00205. The van der Waals surface area contributed by atoms with Gasteiger partial charge in [-0.2, -0.15) is 0 Å². The van der Waals surface area contributed by atoms with Crippen LogP contribution in [0.25, 0.3) is 0 Å². The minimum Gasteiger partial charge on any atom is -0.457 e. The van der Waals surface area contributed by atoms with E-state index in [1.807, 2.05) is 31.2 Å². The zero-order valence-electron chi connectivity index (χ0n) is 15.1. The highest BCUT2D eigenvalue weighted by Crippen LogP contribution is 2.14. The Kier molecular flexibility index (Phi) is 6.20. The number of hydrogen-bond acceptors (Lipinski definition) is 7. The Hall–Kier alpha value is -3.87. The quantitative estimate of drug-likeness (QED) is 0.221. The van der Waals surface area contributed by atoms with Crippen molar-refractivity contribution in [1.82, 2.24) is 0 Å². The first-order valence-electron chi connectivity index (χ1n) is 8.50. The number of hydrogen-bond donors (Lipinski definition) is 1. The molecule has 3 aromatic rings. The molecule has 0 spiro atoms. The first-order chi connectivity index (χ1) is 13.6. The number of benzene rings is 2. The predicted octanol–water partition coefficient (Wildman–Crippen LogP) is 3.80. The van der Waals surface area contributed by atoms with Gasteiger partial charge in [-0.15, -0.1) is 0 Å². The van der Waals surface area contributed by atoms with Crippen LogP contribution in [0.1, 0.15) is 21.7 Å². The fraction of sp³-hybridized carbons (Fsp3) is 0.0952. The standard InChI is InChI=1S/C21H18N2O5/c1-15-4-8-17(9-5-15)22-14-20(24)28-23-13-16-6-10-18(11-7-16)27-21(25)19-3-2-12-26-19/h2-13,22H,14H2,1H3/b23-13-. The van der Waals surface area contributed by atoms with Crippen LogP contribution < -0.4 is 10.1 Å². The number of carbonyl (C=O) groups is 2. The molecule has 0 aliphatic carbocycles. The highest BCUT2D eigenvalue weighted by molar-refractivity contribution is 5.88. The van der Waals surface area contributed by atoms with Crippen LogP contribution in [0.5, 0.6) is 5.75 Å². The number of esters is 1. The molecule has 0 saturated carbocycles. The van der Waals surface area contributed by atoms with Crippen LogP contribution in [0.15, 0.2) is 76.5 Å². The first kappa shape index (κ1) is 18.9. The smallest absolute Gasteiger partial charge is 0.379 e. The molecule has 2 aromatic carbocycles. The van der Waals surface area contributed by atoms with Crippen LogP contribution in [0.3, 0.4) is 0 Å². The second-order valence-electron chi connectivity index (χ2n) is 5.85. The van der Waals surface area contributed by atoms with Gasteiger partial charge in [0.05, 0.1) is 12.5 Å². The van der Waals surface area contributed by atoms with Gasteiger partial charge in [-0.25, -0.2) is 9.59 Å². The Balaban J connectivity index is 1.44. The van der Waals surface area contributed by atoms with Gasteiger partial charge in [0.15, 0.2) is 0 Å². The summed E-state index contributed by atoms with van der Waals surface area (Å²) in [6, 6.07) is 17.3. The highest BCUT2D eigenvalue weighted by Gasteiger charge is 2.10. The largest absolute Gasteiger partial charge is 0.457 e. The van der Waals surface area contributed by atoms with Crippen molar-refractivity contribution in [2.75, 3.05) is 11.9 Å². The molecule has 1 heterocycles. The van der Waals surface area contributed by atoms with Gasteiger partial charge in [0, 0.05) is 5.69 Å². The Labute approximate surface area is 161 Å². The number of ether oxygens (including phenoxy) is 1. The van der Waals surface area contributed by atoms with Crippen molar-refractivity contribution in [2.45, 2.75) is 6.92 Å². The van der Waals surface area contributed by atoms with E-state index < -0.39 is 11.9 Å². The molecule has 0 aliphatic rings. The summed E-state index contributed by atoms with van der Waals surface area (Å²) in [5, 5.41) is 6.61. The first-order valence-corrected chi connectivity index (χ1v) is 8.50. The predicted molar refractivity (Wildman–Crippen MR) is 103 cm³/mol. The third-order valence-electron chi connectivity index (χ3n) is 3.66. The van der Waals surface area contributed by atoms with E-state index in [9.17, 15) is 9.59 Å². The molecule has 1 aromatic heterocycles. The molecule has 28 heavy (non-hydrogen) atoms. The Morgan fingerprint density at radius 1 is 1.07 bits per heavy atom. The van der Waals surface area contributed by atoms with Gasteiger partial charge in [0.2, 0.25) is 5.76 Å². The van der Waals surface area contributed by atoms with Crippen LogP contribution in [-0.2, 0) is 9.63 Å². The number of anilines is 1. The van der Waals surface area contributed by atoms with E-state index in [2.05, 4.69) is 10.5 Å². The molecule has 7 heteroatoms. The van der Waals surface area contributed by atoms with Gasteiger partial charge in [0.1, 0.15) is 12.3 Å². The van der Waals surface area contributed by atoms with E-state index in [0.717, 1.165) is 11.3 Å². The lowest BCUT2D eigenvalue weighted by atomic mass is 10.2. The van der Waals surface area contributed by atoms with Crippen molar-refractivity contribution in [2.24, 2.45) is 5.16 Å². The summed E-state index contributed by atoms with van der Waals surface area (Å²) in [7, 11) is 0. The number of rotatable bonds is 7. The maximum absolute atomic E-state index is 11.8. The zero-order chi connectivity index (χ0) is 19.8. The number of nitrogens with zero attached hydrogens (tertiary/aromatic N) is 1. The molecule has 3 rings (SSSR count). The van der Waals surface area contributed by atoms with Crippen LogP contribution in [0.2, 0.25) is 0 Å². The molecule has 0 bridgehead atoms. The lowest BCUT2D eigenvalue weighted by Crippen LogP contribution is -2.14.